The summed E-state index contributed by atoms with van der Waals surface area (Å²) in [6.07, 6.45) is -6.97. The van der Waals surface area contributed by atoms with Crippen molar-refractivity contribution in [3.05, 3.63) is 0 Å². The van der Waals surface area contributed by atoms with Gasteiger partial charge in [0.25, 0.3) is 0 Å². The van der Waals surface area contributed by atoms with Gasteiger partial charge in [0.15, 0.2) is 0 Å². The lowest BCUT2D eigenvalue weighted by Crippen LogP contribution is -2.17. The van der Waals surface area contributed by atoms with Gasteiger partial charge in [-0.1, -0.05) is 0 Å². The zero-order valence-electron chi connectivity index (χ0n) is 6.60. The van der Waals surface area contributed by atoms with E-state index in [1.54, 1.807) is 0 Å². The highest BCUT2D eigenvalue weighted by atomic mass is 19.4. The highest BCUT2D eigenvalue weighted by Gasteiger charge is 2.27. The van der Waals surface area contributed by atoms with E-state index in [2.05, 4.69) is 0 Å². The first-order valence-electron chi connectivity index (χ1n) is 3.19. The largest absolute Gasteiger partial charge is 0.394 e. The van der Waals surface area contributed by atoms with Crippen LogP contribution >= 0.6 is 0 Å². The number of aliphatic hydroxyl groups is 2. The van der Waals surface area contributed by atoms with Gasteiger partial charge in [-0.3, -0.25) is 4.39 Å². The summed E-state index contributed by atoms with van der Waals surface area (Å²) in [5.74, 6) is 0. The van der Waals surface area contributed by atoms with Crippen molar-refractivity contribution in [3.8, 4) is 0 Å². The minimum atomic E-state index is -4.24. The van der Waals surface area contributed by atoms with Gasteiger partial charge >= 0.3 is 6.18 Å². The van der Waals surface area contributed by atoms with Gasteiger partial charge in [0.1, 0.15) is 0 Å². The Morgan fingerprint density at radius 3 is 1.92 bits per heavy atom. The molecule has 0 saturated carbocycles. The quantitative estimate of drug-likeness (QED) is 0.661. The molecule has 0 rings (SSSR count). The van der Waals surface area contributed by atoms with E-state index in [9.17, 15) is 17.6 Å². The van der Waals surface area contributed by atoms with E-state index in [0.717, 1.165) is 0 Å². The molecule has 6 heteroatoms. The summed E-state index contributed by atoms with van der Waals surface area (Å²) < 4.78 is 43.6. The molecule has 0 radical (unpaired) electrons. The maximum Gasteiger partial charge on any atom is 0.389 e. The Bertz CT molecular complexity index is 94.0. The maximum atomic E-state index is 11.4. The van der Waals surface area contributed by atoms with E-state index in [0.29, 0.717) is 7.18 Å². The van der Waals surface area contributed by atoms with Crippen molar-refractivity contribution in [1.29, 1.82) is 0 Å². The Morgan fingerprint density at radius 1 is 1.25 bits per heavy atom. The van der Waals surface area contributed by atoms with E-state index in [1.165, 1.54) is 0 Å². The van der Waals surface area contributed by atoms with Gasteiger partial charge in [-0.25, -0.2) is 0 Å². The van der Waals surface area contributed by atoms with Gasteiger partial charge in [-0.05, 0) is 6.42 Å². The van der Waals surface area contributed by atoms with Crippen molar-refractivity contribution in [2.45, 2.75) is 25.1 Å². The monoisotopic (exact) mass is 192 g/mol. The van der Waals surface area contributed by atoms with Crippen LogP contribution in [0.2, 0.25) is 0 Å². The first-order valence-corrected chi connectivity index (χ1v) is 3.19. The lowest BCUT2D eigenvalue weighted by molar-refractivity contribution is -0.140. The Hall–Kier alpha value is -0.360. The summed E-state index contributed by atoms with van der Waals surface area (Å²) in [4.78, 5) is 0. The molecule has 1 atom stereocenters. The molecule has 0 aliphatic heterocycles. The number of aliphatic hydroxyl groups excluding tert-OH is 2. The van der Waals surface area contributed by atoms with E-state index >= 15 is 0 Å². The summed E-state index contributed by atoms with van der Waals surface area (Å²) in [7, 11) is 0.500. The molecule has 0 spiro atoms. The molecule has 2 N–H and O–H groups in total. The molecule has 12 heavy (non-hydrogen) atoms. The van der Waals surface area contributed by atoms with Gasteiger partial charge < -0.3 is 10.2 Å². The number of halogens is 4. The van der Waals surface area contributed by atoms with Crippen molar-refractivity contribution < 1.29 is 27.8 Å². The van der Waals surface area contributed by atoms with E-state index in [1.807, 2.05) is 0 Å². The molecule has 0 aliphatic carbocycles. The summed E-state index contributed by atoms with van der Waals surface area (Å²) in [6, 6.07) is 0. The summed E-state index contributed by atoms with van der Waals surface area (Å²) >= 11 is 0. The fraction of sp³-hybridized carbons (Fsp3) is 1.00. The SMILES string of the molecule is CF.OCC(O)CCC(F)(F)F. The first kappa shape index (κ1) is 14.2. The first-order chi connectivity index (χ1) is 5.45. The van der Waals surface area contributed by atoms with Gasteiger partial charge in [0.2, 0.25) is 0 Å². The van der Waals surface area contributed by atoms with Crippen LogP contribution < -0.4 is 0 Å². The van der Waals surface area contributed by atoms with Gasteiger partial charge in [-0.15, -0.1) is 0 Å². The molecule has 0 aromatic carbocycles. The molecule has 0 heterocycles. The Morgan fingerprint density at radius 2 is 1.67 bits per heavy atom. The van der Waals surface area contributed by atoms with Gasteiger partial charge in [0, 0.05) is 6.42 Å². The molecule has 0 bridgehead atoms. The zero-order valence-corrected chi connectivity index (χ0v) is 6.60. The van der Waals surface area contributed by atoms with Crippen LogP contribution in [0.25, 0.3) is 0 Å². The van der Waals surface area contributed by atoms with Crippen LogP contribution in [-0.2, 0) is 0 Å². The summed E-state index contributed by atoms with van der Waals surface area (Å²) in [6.45, 7) is -0.615. The van der Waals surface area contributed by atoms with Crippen molar-refractivity contribution in [2.24, 2.45) is 0 Å². The third kappa shape index (κ3) is 12.3. The molecule has 2 nitrogen and oxygen atoms in total. The third-order valence-electron chi connectivity index (χ3n) is 0.972. The topological polar surface area (TPSA) is 40.5 Å². The number of hydrogen-bond donors (Lipinski definition) is 2. The second kappa shape index (κ2) is 7.30. The molecule has 0 aliphatic rings. The van der Waals surface area contributed by atoms with Crippen molar-refractivity contribution in [3.63, 3.8) is 0 Å². The molecular weight excluding hydrogens is 180 g/mol. The molecule has 0 saturated heterocycles. The van der Waals surface area contributed by atoms with Crippen LogP contribution in [-0.4, -0.2) is 36.3 Å². The Kier molecular flexibility index (Phi) is 8.62. The fourth-order valence-corrected chi connectivity index (χ4v) is 0.422. The van der Waals surface area contributed by atoms with Crippen LogP contribution in [0.3, 0.4) is 0 Å². The van der Waals surface area contributed by atoms with Crippen molar-refractivity contribution in [2.75, 3.05) is 13.8 Å². The number of rotatable bonds is 3. The van der Waals surface area contributed by atoms with E-state index < -0.39 is 31.7 Å². The predicted octanol–water partition coefficient (Wildman–Crippen LogP) is 1.27. The molecule has 0 amide bonds. The van der Waals surface area contributed by atoms with Gasteiger partial charge in [0.05, 0.1) is 19.9 Å². The molecular formula is C6H12F4O2. The van der Waals surface area contributed by atoms with E-state index in [4.69, 9.17) is 10.2 Å². The highest BCUT2D eigenvalue weighted by Crippen LogP contribution is 2.21. The van der Waals surface area contributed by atoms with Crippen LogP contribution in [0, 0.1) is 0 Å². The van der Waals surface area contributed by atoms with Gasteiger partial charge in [-0.2, -0.15) is 13.2 Å². The molecule has 1 unspecified atom stereocenters. The normalized spacial score (nSPS) is 13.2. The second-order valence-electron chi connectivity index (χ2n) is 1.99. The second-order valence-corrected chi connectivity index (χ2v) is 1.99. The molecule has 0 aromatic heterocycles. The average Bonchev–Trinajstić information content (AvgIpc) is 2.03. The zero-order chi connectivity index (χ0) is 10.2. The van der Waals surface area contributed by atoms with Crippen LogP contribution in [0.5, 0.6) is 0 Å². The molecule has 76 valence electrons. The summed E-state index contributed by atoms with van der Waals surface area (Å²) in [5, 5.41) is 16.6. The van der Waals surface area contributed by atoms with Crippen molar-refractivity contribution in [1.82, 2.24) is 0 Å². The van der Waals surface area contributed by atoms with Crippen molar-refractivity contribution >= 4 is 0 Å². The Labute approximate surface area is 67.8 Å². The van der Waals surface area contributed by atoms with Crippen LogP contribution in [0.1, 0.15) is 12.8 Å². The molecule has 0 aromatic rings. The molecule has 0 fully saturated rings. The maximum absolute atomic E-state index is 11.4. The Balaban J connectivity index is 0. The fourth-order valence-electron chi connectivity index (χ4n) is 0.422. The van der Waals surface area contributed by atoms with E-state index in [-0.39, 0.29) is 0 Å². The number of alkyl halides is 4. The minimum Gasteiger partial charge on any atom is -0.394 e. The smallest absolute Gasteiger partial charge is 0.389 e. The lowest BCUT2D eigenvalue weighted by atomic mass is 10.2. The summed E-state index contributed by atoms with van der Waals surface area (Å²) in [5.41, 5.74) is 0. The number of hydrogen-bond acceptors (Lipinski definition) is 2. The highest BCUT2D eigenvalue weighted by molar-refractivity contribution is 4.57. The standard InChI is InChI=1S/C5H9F3O2.CH3F/c6-5(7,8)2-1-4(10)3-9;1-2/h4,9-10H,1-3H2;1H3. The minimum absolute atomic E-state index is 0.431. The lowest BCUT2D eigenvalue weighted by Gasteiger charge is -2.08. The van der Waals surface area contributed by atoms with Crippen LogP contribution in [0.15, 0.2) is 0 Å². The predicted molar refractivity (Wildman–Crippen MR) is 35.4 cm³/mol. The average molecular weight is 192 g/mol. The third-order valence-corrected chi connectivity index (χ3v) is 0.972. The van der Waals surface area contributed by atoms with Crippen LogP contribution in [0.4, 0.5) is 17.6 Å².